The van der Waals surface area contributed by atoms with Crippen LogP contribution < -0.4 is 10.6 Å². The average molecular weight is 262 g/mol. The van der Waals surface area contributed by atoms with E-state index in [2.05, 4.69) is 17.6 Å². The summed E-state index contributed by atoms with van der Waals surface area (Å²) in [5, 5.41) is 6.17. The fraction of sp³-hybridized carbons (Fsp3) is 0.533. The van der Waals surface area contributed by atoms with Crippen molar-refractivity contribution in [3.05, 3.63) is 35.4 Å². The average Bonchev–Trinajstić information content (AvgIpc) is 2.45. The standard InChI is InChI=1S/C15H22N2O2/c1-11-9-14(7-8-19-11)17-10-12-3-5-13(6-4-12)15(18)16-2/h3-6,11,14,17H,7-10H2,1-2H3,(H,16,18). The van der Waals surface area contributed by atoms with E-state index in [-0.39, 0.29) is 5.91 Å². The molecule has 19 heavy (non-hydrogen) atoms. The molecule has 0 saturated carbocycles. The van der Waals surface area contributed by atoms with Crippen LogP contribution >= 0.6 is 0 Å². The Labute approximate surface area is 114 Å². The van der Waals surface area contributed by atoms with Crippen LogP contribution in [0.25, 0.3) is 0 Å². The van der Waals surface area contributed by atoms with Crippen molar-refractivity contribution < 1.29 is 9.53 Å². The number of hydrogen-bond donors (Lipinski definition) is 2. The zero-order valence-corrected chi connectivity index (χ0v) is 11.6. The van der Waals surface area contributed by atoms with Crippen molar-refractivity contribution in [2.24, 2.45) is 0 Å². The molecule has 1 aliphatic rings. The first-order chi connectivity index (χ1) is 9.19. The number of amides is 1. The van der Waals surface area contributed by atoms with Crippen LogP contribution in [0, 0.1) is 0 Å². The molecule has 2 N–H and O–H groups in total. The van der Waals surface area contributed by atoms with Gasteiger partial charge in [-0.05, 0) is 37.5 Å². The number of ether oxygens (including phenoxy) is 1. The Morgan fingerprint density at radius 1 is 1.37 bits per heavy atom. The van der Waals surface area contributed by atoms with E-state index in [4.69, 9.17) is 4.74 Å². The third-order valence-corrected chi connectivity index (χ3v) is 3.52. The van der Waals surface area contributed by atoms with E-state index in [0.717, 1.165) is 26.0 Å². The van der Waals surface area contributed by atoms with Gasteiger partial charge < -0.3 is 15.4 Å². The lowest BCUT2D eigenvalue weighted by Gasteiger charge is -2.28. The second-order valence-corrected chi connectivity index (χ2v) is 5.06. The summed E-state index contributed by atoms with van der Waals surface area (Å²) in [5.41, 5.74) is 1.90. The maximum absolute atomic E-state index is 11.4. The molecule has 1 saturated heterocycles. The van der Waals surface area contributed by atoms with E-state index in [1.54, 1.807) is 7.05 Å². The van der Waals surface area contributed by atoms with Crippen LogP contribution in [0.1, 0.15) is 35.7 Å². The van der Waals surface area contributed by atoms with Gasteiger partial charge in [0, 0.05) is 31.8 Å². The van der Waals surface area contributed by atoms with Crippen molar-refractivity contribution in [1.82, 2.24) is 10.6 Å². The summed E-state index contributed by atoms with van der Waals surface area (Å²) in [6.45, 7) is 3.80. The fourth-order valence-corrected chi connectivity index (χ4v) is 2.36. The van der Waals surface area contributed by atoms with E-state index in [0.29, 0.717) is 17.7 Å². The predicted octanol–water partition coefficient (Wildman–Crippen LogP) is 1.70. The molecule has 1 aliphatic heterocycles. The third kappa shape index (κ3) is 4.04. The molecule has 2 unspecified atom stereocenters. The zero-order chi connectivity index (χ0) is 13.7. The first-order valence-electron chi connectivity index (χ1n) is 6.85. The molecule has 0 radical (unpaired) electrons. The molecule has 0 bridgehead atoms. The fourth-order valence-electron chi connectivity index (χ4n) is 2.36. The van der Waals surface area contributed by atoms with Gasteiger partial charge >= 0.3 is 0 Å². The van der Waals surface area contributed by atoms with Gasteiger partial charge in [0.25, 0.3) is 5.91 Å². The Morgan fingerprint density at radius 2 is 2.11 bits per heavy atom. The minimum Gasteiger partial charge on any atom is -0.378 e. The molecule has 4 nitrogen and oxygen atoms in total. The highest BCUT2D eigenvalue weighted by molar-refractivity contribution is 5.93. The Balaban J connectivity index is 1.84. The topological polar surface area (TPSA) is 50.4 Å². The molecular formula is C15H22N2O2. The number of hydrogen-bond acceptors (Lipinski definition) is 3. The molecule has 0 aliphatic carbocycles. The summed E-state index contributed by atoms with van der Waals surface area (Å²) < 4.78 is 5.53. The van der Waals surface area contributed by atoms with E-state index in [1.165, 1.54) is 5.56 Å². The minimum absolute atomic E-state index is 0.0437. The molecule has 1 amide bonds. The van der Waals surface area contributed by atoms with Gasteiger partial charge in [-0.3, -0.25) is 4.79 Å². The molecule has 0 spiro atoms. The highest BCUT2D eigenvalue weighted by atomic mass is 16.5. The van der Waals surface area contributed by atoms with Crippen LogP contribution in [0.3, 0.4) is 0 Å². The van der Waals surface area contributed by atoms with Crippen LogP contribution in [-0.2, 0) is 11.3 Å². The van der Waals surface area contributed by atoms with Gasteiger partial charge in [-0.2, -0.15) is 0 Å². The predicted molar refractivity (Wildman–Crippen MR) is 75.1 cm³/mol. The van der Waals surface area contributed by atoms with Gasteiger partial charge in [-0.15, -0.1) is 0 Å². The Bertz CT molecular complexity index is 417. The molecule has 104 valence electrons. The van der Waals surface area contributed by atoms with Crippen LogP contribution in [-0.4, -0.2) is 31.7 Å². The third-order valence-electron chi connectivity index (χ3n) is 3.52. The smallest absolute Gasteiger partial charge is 0.251 e. The number of carbonyl (C=O) groups is 1. The highest BCUT2D eigenvalue weighted by Crippen LogP contribution is 2.14. The molecule has 1 aromatic rings. The Morgan fingerprint density at radius 3 is 2.74 bits per heavy atom. The van der Waals surface area contributed by atoms with Crippen LogP contribution in [0.2, 0.25) is 0 Å². The zero-order valence-electron chi connectivity index (χ0n) is 11.6. The van der Waals surface area contributed by atoms with Gasteiger partial charge in [-0.1, -0.05) is 12.1 Å². The molecule has 1 heterocycles. The van der Waals surface area contributed by atoms with Crippen molar-refractivity contribution in [3.8, 4) is 0 Å². The van der Waals surface area contributed by atoms with Gasteiger partial charge in [0.05, 0.1) is 6.10 Å². The quantitative estimate of drug-likeness (QED) is 0.868. The Hall–Kier alpha value is -1.39. The molecular weight excluding hydrogens is 240 g/mol. The molecule has 1 aromatic carbocycles. The van der Waals surface area contributed by atoms with Gasteiger partial charge in [-0.25, -0.2) is 0 Å². The van der Waals surface area contributed by atoms with E-state index in [9.17, 15) is 4.79 Å². The second kappa shape index (κ2) is 6.68. The Kier molecular flexibility index (Phi) is 4.93. The lowest BCUT2D eigenvalue weighted by atomic mass is 10.0. The van der Waals surface area contributed by atoms with E-state index < -0.39 is 0 Å². The highest BCUT2D eigenvalue weighted by Gasteiger charge is 2.18. The van der Waals surface area contributed by atoms with Crippen molar-refractivity contribution in [2.45, 2.75) is 38.5 Å². The molecule has 4 heteroatoms. The molecule has 1 fully saturated rings. The molecule has 0 aromatic heterocycles. The van der Waals surface area contributed by atoms with Crippen molar-refractivity contribution in [1.29, 1.82) is 0 Å². The largest absolute Gasteiger partial charge is 0.378 e. The number of nitrogens with one attached hydrogen (secondary N) is 2. The van der Waals surface area contributed by atoms with Crippen LogP contribution in [0.4, 0.5) is 0 Å². The summed E-state index contributed by atoms with van der Waals surface area (Å²) >= 11 is 0. The van der Waals surface area contributed by atoms with Crippen molar-refractivity contribution in [3.63, 3.8) is 0 Å². The summed E-state index contributed by atoms with van der Waals surface area (Å²) in [6.07, 6.45) is 2.48. The first kappa shape index (κ1) is 14.0. The summed E-state index contributed by atoms with van der Waals surface area (Å²) in [5.74, 6) is -0.0437. The van der Waals surface area contributed by atoms with E-state index in [1.807, 2.05) is 24.3 Å². The summed E-state index contributed by atoms with van der Waals surface area (Å²) in [6, 6.07) is 8.26. The molecule has 2 atom stereocenters. The lowest BCUT2D eigenvalue weighted by molar-refractivity contribution is 0.0130. The minimum atomic E-state index is -0.0437. The number of carbonyl (C=O) groups excluding carboxylic acids is 1. The number of rotatable bonds is 4. The van der Waals surface area contributed by atoms with Gasteiger partial charge in [0.1, 0.15) is 0 Å². The monoisotopic (exact) mass is 262 g/mol. The summed E-state index contributed by atoms with van der Waals surface area (Å²) in [7, 11) is 1.64. The van der Waals surface area contributed by atoms with Gasteiger partial charge in [0.15, 0.2) is 0 Å². The maximum atomic E-state index is 11.4. The second-order valence-electron chi connectivity index (χ2n) is 5.06. The molecule has 2 rings (SSSR count). The first-order valence-corrected chi connectivity index (χ1v) is 6.85. The van der Waals surface area contributed by atoms with Crippen molar-refractivity contribution in [2.75, 3.05) is 13.7 Å². The SMILES string of the molecule is CNC(=O)c1ccc(CNC2CCOC(C)C2)cc1. The van der Waals surface area contributed by atoms with Crippen LogP contribution in [0.5, 0.6) is 0 Å². The summed E-state index contributed by atoms with van der Waals surface area (Å²) in [4.78, 5) is 11.4. The van der Waals surface area contributed by atoms with Crippen molar-refractivity contribution >= 4 is 5.91 Å². The van der Waals surface area contributed by atoms with Gasteiger partial charge in [0.2, 0.25) is 0 Å². The van der Waals surface area contributed by atoms with Crippen LogP contribution in [0.15, 0.2) is 24.3 Å². The lowest BCUT2D eigenvalue weighted by Crippen LogP contribution is -2.37. The number of benzene rings is 1. The normalized spacial score (nSPS) is 23.1. The maximum Gasteiger partial charge on any atom is 0.251 e. The van der Waals surface area contributed by atoms with E-state index >= 15 is 0 Å².